The van der Waals surface area contributed by atoms with Crippen LogP contribution in [0.15, 0.2) is 0 Å². The Morgan fingerprint density at radius 1 is 1.24 bits per heavy atom. The predicted molar refractivity (Wildman–Crippen MR) is 78.0 cm³/mol. The van der Waals surface area contributed by atoms with E-state index in [1.54, 1.807) is 18.9 Å². The summed E-state index contributed by atoms with van der Waals surface area (Å²) in [6.45, 7) is 3.67. The Kier molecular flexibility index (Phi) is 5.97. The number of amides is 2. The van der Waals surface area contributed by atoms with Gasteiger partial charge in [0.25, 0.3) is 0 Å². The number of piperazine rings is 1. The monoisotopic (exact) mass is 321 g/mol. The van der Waals surface area contributed by atoms with Gasteiger partial charge >= 0.3 is 12.0 Å². The highest BCUT2D eigenvalue weighted by Crippen LogP contribution is 2.08. The number of aliphatic carboxylic acids is 1. The predicted octanol–water partition coefficient (Wildman–Crippen LogP) is -0.826. The van der Waals surface area contributed by atoms with E-state index in [9.17, 15) is 18.0 Å². The second kappa shape index (κ2) is 7.08. The molecule has 0 aromatic heterocycles. The number of nitrogens with zero attached hydrogens (tertiary/aromatic N) is 3. The van der Waals surface area contributed by atoms with E-state index in [1.807, 2.05) is 4.90 Å². The highest BCUT2D eigenvalue weighted by Gasteiger charge is 2.28. The maximum absolute atomic E-state index is 12.1. The summed E-state index contributed by atoms with van der Waals surface area (Å²) in [5.41, 5.74) is 0. The molecule has 1 fully saturated rings. The van der Waals surface area contributed by atoms with E-state index >= 15 is 0 Å². The Labute approximate surface area is 125 Å². The van der Waals surface area contributed by atoms with Crippen LogP contribution in [0.4, 0.5) is 4.79 Å². The minimum absolute atomic E-state index is 0.0642. The molecule has 0 radical (unpaired) electrons. The number of rotatable bonds is 5. The first-order valence-electron chi connectivity index (χ1n) is 6.76. The average molecular weight is 321 g/mol. The second-order valence-electron chi connectivity index (χ2n) is 5.37. The van der Waals surface area contributed by atoms with Gasteiger partial charge in [0.05, 0.1) is 5.75 Å². The van der Waals surface area contributed by atoms with Crippen molar-refractivity contribution >= 4 is 21.8 Å². The fourth-order valence-electron chi connectivity index (χ4n) is 2.10. The van der Waals surface area contributed by atoms with Gasteiger partial charge in [0.1, 0.15) is 15.9 Å². The fraction of sp³-hybridized carbons (Fsp3) is 0.833. The average Bonchev–Trinajstić information content (AvgIpc) is 2.42. The van der Waals surface area contributed by atoms with Crippen molar-refractivity contribution in [3.8, 4) is 0 Å². The number of sulfone groups is 1. The molecule has 1 rings (SSSR count). The maximum atomic E-state index is 12.1. The van der Waals surface area contributed by atoms with Crippen LogP contribution in [0.3, 0.4) is 0 Å². The molecule has 1 unspecified atom stereocenters. The maximum Gasteiger partial charge on any atom is 0.320 e. The normalized spacial score (nSPS) is 18.3. The van der Waals surface area contributed by atoms with Crippen molar-refractivity contribution in [3.63, 3.8) is 0 Å². The molecule has 1 aliphatic rings. The molecule has 1 saturated heterocycles. The summed E-state index contributed by atoms with van der Waals surface area (Å²) >= 11 is 0. The molecule has 122 valence electrons. The lowest BCUT2D eigenvalue weighted by Crippen LogP contribution is -2.55. The highest BCUT2D eigenvalue weighted by atomic mass is 32.2. The first-order chi connectivity index (χ1) is 9.61. The standard InChI is InChI=1S/C12H23N3O5S/c1-10(11(16)17)14-4-6-15(7-5-14)12(18)13(2)8-9-21(3,19)20/h10H,4-9H2,1-3H3,(H,16,17). The minimum Gasteiger partial charge on any atom is -0.480 e. The van der Waals surface area contributed by atoms with Crippen LogP contribution in [0.25, 0.3) is 0 Å². The first-order valence-corrected chi connectivity index (χ1v) is 8.82. The minimum atomic E-state index is -3.10. The third-order valence-corrected chi connectivity index (χ3v) is 4.54. The van der Waals surface area contributed by atoms with Crippen molar-refractivity contribution < 1.29 is 23.1 Å². The van der Waals surface area contributed by atoms with Gasteiger partial charge in [-0.15, -0.1) is 0 Å². The van der Waals surface area contributed by atoms with Crippen molar-refractivity contribution in [1.82, 2.24) is 14.7 Å². The van der Waals surface area contributed by atoms with Gasteiger partial charge in [-0.2, -0.15) is 0 Å². The van der Waals surface area contributed by atoms with Crippen molar-refractivity contribution in [2.24, 2.45) is 0 Å². The molecule has 2 amide bonds. The molecule has 21 heavy (non-hydrogen) atoms. The number of carboxylic acid groups (broad SMARTS) is 1. The molecule has 1 aliphatic heterocycles. The van der Waals surface area contributed by atoms with E-state index in [4.69, 9.17) is 5.11 Å². The molecular weight excluding hydrogens is 298 g/mol. The summed E-state index contributed by atoms with van der Waals surface area (Å²) in [5, 5.41) is 8.96. The molecule has 0 spiro atoms. The Morgan fingerprint density at radius 2 is 1.76 bits per heavy atom. The van der Waals surface area contributed by atoms with E-state index < -0.39 is 21.8 Å². The largest absolute Gasteiger partial charge is 0.480 e. The molecular formula is C12H23N3O5S. The van der Waals surface area contributed by atoms with Gasteiger partial charge in [-0.25, -0.2) is 13.2 Å². The molecule has 0 saturated carbocycles. The molecule has 1 N–H and O–H groups in total. The summed E-state index contributed by atoms with van der Waals surface area (Å²) in [5.74, 6) is -0.939. The van der Waals surface area contributed by atoms with Gasteiger partial charge < -0.3 is 14.9 Å². The molecule has 9 heteroatoms. The Morgan fingerprint density at radius 3 is 2.19 bits per heavy atom. The number of urea groups is 1. The summed E-state index contributed by atoms with van der Waals surface area (Å²) in [4.78, 5) is 27.9. The fourth-order valence-corrected chi connectivity index (χ4v) is 2.70. The van der Waals surface area contributed by atoms with E-state index in [0.717, 1.165) is 6.26 Å². The molecule has 1 atom stereocenters. The van der Waals surface area contributed by atoms with Gasteiger partial charge in [-0.3, -0.25) is 9.69 Å². The van der Waals surface area contributed by atoms with Gasteiger partial charge in [-0.1, -0.05) is 0 Å². The summed E-state index contributed by atoms with van der Waals surface area (Å²) in [7, 11) is -1.53. The lowest BCUT2D eigenvalue weighted by molar-refractivity contribution is -0.143. The van der Waals surface area contributed by atoms with Crippen LogP contribution in [0.5, 0.6) is 0 Å². The summed E-state index contributed by atoms with van der Waals surface area (Å²) in [6.07, 6.45) is 1.14. The van der Waals surface area contributed by atoms with Crippen molar-refractivity contribution in [2.75, 3.05) is 51.8 Å². The first kappa shape index (κ1) is 17.7. The van der Waals surface area contributed by atoms with Crippen molar-refractivity contribution in [2.45, 2.75) is 13.0 Å². The van der Waals surface area contributed by atoms with E-state index in [1.165, 1.54) is 4.90 Å². The van der Waals surface area contributed by atoms with Crippen molar-refractivity contribution in [3.05, 3.63) is 0 Å². The van der Waals surface area contributed by atoms with Gasteiger partial charge in [0.15, 0.2) is 0 Å². The zero-order chi connectivity index (χ0) is 16.2. The third kappa shape index (κ3) is 5.50. The van der Waals surface area contributed by atoms with Gasteiger partial charge in [-0.05, 0) is 6.92 Å². The van der Waals surface area contributed by atoms with E-state index in [0.29, 0.717) is 26.2 Å². The van der Waals surface area contributed by atoms with Crippen LogP contribution in [-0.4, -0.2) is 98.0 Å². The lowest BCUT2D eigenvalue weighted by Gasteiger charge is -2.38. The van der Waals surface area contributed by atoms with Crippen molar-refractivity contribution in [1.29, 1.82) is 0 Å². The number of hydrogen-bond donors (Lipinski definition) is 1. The Bertz CT molecular complexity index is 485. The molecule has 0 aliphatic carbocycles. The lowest BCUT2D eigenvalue weighted by atomic mass is 10.2. The van der Waals surface area contributed by atoms with Gasteiger partial charge in [0, 0.05) is 46.0 Å². The second-order valence-corrected chi connectivity index (χ2v) is 7.63. The zero-order valence-corrected chi connectivity index (χ0v) is 13.5. The molecule has 0 aromatic rings. The summed E-state index contributed by atoms with van der Waals surface area (Å²) < 4.78 is 22.2. The zero-order valence-electron chi connectivity index (χ0n) is 12.7. The van der Waals surface area contributed by atoms with Crippen LogP contribution < -0.4 is 0 Å². The number of carbonyl (C=O) groups excluding carboxylic acids is 1. The van der Waals surface area contributed by atoms with E-state index in [-0.39, 0.29) is 18.3 Å². The van der Waals surface area contributed by atoms with Crippen LogP contribution in [0.2, 0.25) is 0 Å². The topological polar surface area (TPSA) is 98.2 Å². The van der Waals surface area contributed by atoms with Crippen LogP contribution in [0.1, 0.15) is 6.92 Å². The summed E-state index contributed by atoms with van der Waals surface area (Å²) in [6, 6.07) is -0.786. The Hall–Kier alpha value is -1.35. The van der Waals surface area contributed by atoms with E-state index in [2.05, 4.69) is 0 Å². The quantitative estimate of drug-likeness (QED) is 0.710. The van der Waals surface area contributed by atoms with Gasteiger partial charge in [0.2, 0.25) is 0 Å². The highest BCUT2D eigenvalue weighted by molar-refractivity contribution is 7.90. The SMILES string of the molecule is CC(C(=O)O)N1CCN(C(=O)N(C)CCS(C)(=O)=O)CC1. The number of carbonyl (C=O) groups is 2. The smallest absolute Gasteiger partial charge is 0.320 e. The van der Waals surface area contributed by atoms with Crippen LogP contribution >= 0.6 is 0 Å². The van der Waals surface area contributed by atoms with Crippen LogP contribution in [-0.2, 0) is 14.6 Å². The third-order valence-electron chi connectivity index (χ3n) is 3.61. The molecule has 0 bridgehead atoms. The van der Waals surface area contributed by atoms with Crippen LogP contribution in [0, 0.1) is 0 Å². The molecule has 0 aromatic carbocycles. The number of carboxylic acids is 1. The number of hydrogen-bond acceptors (Lipinski definition) is 5. The molecule has 1 heterocycles. The Balaban J connectivity index is 2.46. The molecule has 8 nitrogen and oxygen atoms in total.